The normalized spacial score (nSPS) is 11.5. The van der Waals surface area contributed by atoms with E-state index in [0.29, 0.717) is 0 Å². The minimum Gasteiger partial charge on any atom is -0.435 e. The van der Waals surface area contributed by atoms with E-state index >= 15 is 0 Å². The summed E-state index contributed by atoms with van der Waals surface area (Å²) in [6, 6.07) is 4.79. The van der Waals surface area contributed by atoms with Gasteiger partial charge in [-0.15, -0.1) is 10.2 Å². The lowest BCUT2D eigenvalue weighted by Crippen LogP contribution is -2.12. The second-order valence-corrected chi connectivity index (χ2v) is 4.75. The molecule has 0 aliphatic heterocycles. The van der Waals surface area contributed by atoms with Crippen LogP contribution in [0.1, 0.15) is 15.4 Å². The van der Waals surface area contributed by atoms with Gasteiger partial charge in [-0.3, -0.25) is 10.1 Å². The predicted molar refractivity (Wildman–Crippen MR) is 65.9 cm³/mol. The van der Waals surface area contributed by atoms with Crippen LogP contribution in [0.2, 0.25) is 0 Å². The zero-order chi connectivity index (χ0) is 16.3. The number of nitrogens with one attached hydrogen (secondary N) is 1. The third kappa shape index (κ3) is 4.10. The maximum atomic E-state index is 12.3. The zero-order valence-electron chi connectivity index (χ0n) is 10.4. The molecule has 1 heterocycles. The summed E-state index contributed by atoms with van der Waals surface area (Å²) >= 11 is 0.147. The topological polar surface area (TPSA) is 64.1 Å². The fraction of sp³-hybridized carbons (Fsp3) is 0.182. The Morgan fingerprint density at radius 2 is 2.00 bits per heavy atom. The molecule has 5 nitrogen and oxygen atoms in total. The molecular formula is C11H6F5N3O2S. The largest absolute Gasteiger partial charge is 0.445 e. The van der Waals surface area contributed by atoms with Gasteiger partial charge in [-0.2, -0.15) is 22.0 Å². The minimum absolute atomic E-state index is 0.0816. The van der Waals surface area contributed by atoms with Crippen LogP contribution in [0, 0.1) is 0 Å². The van der Waals surface area contributed by atoms with Gasteiger partial charge in [-0.05, 0) is 18.2 Å². The molecule has 1 aromatic carbocycles. The van der Waals surface area contributed by atoms with Crippen LogP contribution in [0.3, 0.4) is 0 Å². The Morgan fingerprint density at radius 3 is 2.59 bits per heavy atom. The number of anilines is 1. The summed E-state index contributed by atoms with van der Waals surface area (Å²) in [4.78, 5) is 11.8. The summed E-state index contributed by atoms with van der Waals surface area (Å²) in [5, 5.41) is 6.60. The molecule has 11 heteroatoms. The first-order valence-electron chi connectivity index (χ1n) is 5.52. The maximum absolute atomic E-state index is 12.3. The third-order valence-electron chi connectivity index (χ3n) is 2.21. The summed E-state index contributed by atoms with van der Waals surface area (Å²) in [5.74, 6) is -1.08. The average molecular weight is 339 g/mol. The van der Waals surface area contributed by atoms with Gasteiger partial charge in [0.1, 0.15) is 5.75 Å². The van der Waals surface area contributed by atoms with E-state index in [-0.39, 0.29) is 27.8 Å². The van der Waals surface area contributed by atoms with Crippen molar-refractivity contribution in [1.29, 1.82) is 0 Å². The van der Waals surface area contributed by atoms with Crippen LogP contribution in [0.5, 0.6) is 5.75 Å². The van der Waals surface area contributed by atoms with Crippen LogP contribution in [0.25, 0.3) is 0 Å². The van der Waals surface area contributed by atoms with E-state index in [1.807, 2.05) is 0 Å². The summed E-state index contributed by atoms with van der Waals surface area (Å²) < 4.78 is 65.3. The van der Waals surface area contributed by atoms with E-state index in [1.165, 1.54) is 18.2 Å². The Labute approximate surface area is 123 Å². The van der Waals surface area contributed by atoms with Crippen molar-refractivity contribution in [2.24, 2.45) is 0 Å². The summed E-state index contributed by atoms with van der Waals surface area (Å²) in [5.41, 5.74) is -0.0816. The molecule has 2 aromatic rings. The summed E-state index contributed by atoms with van der Waals surface area (Å²) in [6.07, 6.45) is -4.66. The molecule has 0 unspecified atom stereocenters. The molecule has 0 atom stereocenters. The molecule has 1 aromatic heterocycles. The van der Waals surface area contributed by atoms with Crippen molar-refractivity contribution in [3.8, 4) is 5.75 Å². The van der Waals surface area contributed by atoms with E-state index in [0.717, 1.165) is 6.07 Å². The van der Waals surface area contributed by atoms with Gasteiger partial charge < -0.3 is 4.74 Å². The molecule has 2 rings (SSSR count). The fourth-order valence-corrected chi connectivity index (χ4v) is 1.98. The van der Waals surface area contributed by atoms with Crippen LogP contribution in [0.15, 0.2) is 24.3 Å². The number of alkyl halides is 5. The summed E-state index contributed by atoms with van der Waals surface area (Å²) in [6.45, 7) is -3.06. The van der Waals surface area contributed by atoms with Gasteiger partial charge in [0.05, 0.1) is 0 Å². The van der Waals surface area contributed by atoms with Crippen molar-refractivity contribution in [3.63, 3.8) is 0 Å². The standard InChI is InChI=1S/C11H6F5N3O2S/c12-9(13)21-6-3-1-2-5(4-6)7(20)17-10-19-18-8(22-10)11(14,15)16/h1-4,9H,(H,17,19,20). The first kappa shape index (κ1) is 16.1. The van der Waals surface area contributed by atoms with Gasteiger partial charge in [-0.1, -0.05) is 17.4 Å². The highest BCUT2D eigenvalue weighted by atomic mass is 32.1. The van der Waals surface area contributed by atoms with Gasteiger partial charge in [0.15, 0.2) is 0 Å². The van der Waals surface area contributed by atoms with Crippen LogP contribution in [-0.2, 0) is 6.18 Å². The molecule has 0 saturated carbocycles. The molecule has 22 heavy (non-hydrogen) atoms. The molecule has 118 valence electrons. The number of nitrogens with zero attached hydrogens (tertiary/aromatic N) is 2. The number of hydrogen-bond donors (Lipinski definition) is 1. The van der Waals surface area contributed by atoms with Crippen molar-refractivity contribution in [2.75, 3.05) is 5.32 Å². The molecule has 0 radical (unpaired) electrons. The van der Waals surface area contributed by atoms with Crippen molar-refractivity contribution < 1.29 is 31.5 Å². The fourth-order valence-electron chi connectivity index (χ4n) is 1.37. The number of hydrogen-bond acceptors (Lipinski definition) is 5. The number of aromatic nitrogens is 2. The highest BCUT2D eigenvalue weighted by molar-refractivity contribution is 7.15. The lowest BCUT2D eigenvalue weighted by Gasteiger charge is -2.06. The minimum atomic E-state index is -4.66. The Balaban J connectivity index is 2.10. The van der Waals surface area contributed by atoms with Gasteiger partial charge >= 0.3 is 12.8 Å². The molecule has 0 bridgehead atoms. The highest BCUT2D eigenvalue weighted by Gasteiger charge is 2.35. The van der Waals surface area contributed by atoms with Gasteiger partial charge in [0.25, 0.3) is 5.91 Å². The zero-order valence-corrected chi connectivity index (χ0v) is 11.2. The van der Waals surface area contributed by atoms with Crippen LogP contribution in [0.4, 0.5) is 27.1 Å². The molecule has 0 fully saturated rings. The monoisotopic (exact) mass is 339 g/mol. The number of ether oxygens (including phenoxy) is 1. The van der Waals surface area contributed by atoms with E-state index in [9.17, 15) is 26.7 Å². The molecule has 0 spiro atoms. The van der Waals surface area contributed by atoms with E-state index in [4.69, 9.17) is 0 Å². The number of benzene rings is 1. The van der Waals surface area contributed by atoms with Crippen molar-refractivity contribution >= 4 is 22.4 Å². The Kier molecular flexibility index (Phi) is 4.54. The Hall–Kier alpha value is -2.30. The van der Waals surface area contributed by atoms with Crippen molar-refractivity contribution in [2.45, 2.75) is 12.8 Å². The number of halogens is 5. The second-order valence-electron chi connectivity index (χ2n) is 3.77. The van der Waals surface area contributed by atoms with Crippen molar-refractivity contribution in [3.05, 3.63) is 34.8 Å². The molecule has 1 amide bonds. The molecule has 0 saturated heterocycles. The lowest BCUT2D eigenvalue weighted by molar-refractivity contribution is -0.138. The third-order valence-corrected chi connectivity index (χ3v) is 3.09. The molecule has 0 aliphatic carbocycles. The second kappa shape index (κ2) is 6.22. The van der Waals surface area contributed by atoms with Gasteiger partial charge in [0, 0.05) is 5.56 Å². The predicted octanol–water partition coefficient (Wildman–Crippen LogP) is 3.41. The van der Waals surface area contributed by atoms with E-state index in [2.05, 4.69) is 20.3 Å². The first-order valence-corrected chi connectivity index (χ1v) is 6.34. The molecule has 1 N–H and O–H groups in total. The smallest absolute Gasteiger partial charge is 0.435 e. The number of carbonyl (C=O) groups excluding carboxylic acids is 1. The van der Waals surface area contributed by atoms with E-state index in [1.54, 1.807) is 0 Å². The molecular weight excluding hydrogens is 333 g/mol. The number of carbonyl (C=O) groups is 1. The Bertz CT molecular complexity index is 674. The lowest BCUT2D eigenvalue weighted by atomic mass is 10.2. The SMILES string of the molecule is O=C(Nc1nnc(C(F)(F)F)s1)c1cccc(OC(F)F)c1. The average Bonchev–Trinajstić information content (AvgIpc) is 2.86. The Morgan fingerprint density at radius 1 is 1.27 bits per heavy atom. The quantitative estimate of drug-likeness (QED) is 0.867. The van der Waals surface area contributed by atoms with Crippen LogP contribution >= 0.6 is 11.3 Å². The van der Waals surface area contributed by atoms with Crippen molar-refractivity contribution in [1.82, 2.24) is 10.2 Å². The van der Waals surface area contributed by atoms with E-state index < -0.39 is 23.7 Å². The van der Waals surface area contributed by atoms with Gasteiger partial charge in [0.2, 0.25) is 10.1 Å². The highest BCUT2D eigenvalue weighted by Crippen LogP contribution is 2.33. The molecule has 0 aliphatic rings. The van der Waals surface area contributed by atoms with Crippen LogP contribution < -0.4 is 10.1 Å². The number of amides is 1. The first-order chi connectivity index (χ1) is 10.3. The maximum Gasteiger partial charge on any atom is 0.445 e. The summed E-state index contributed by atoms with van der Waals surface area (Å²) in [7, 11) is 0. The number of rotatable bonds is 4. The van der Waals surface area contributed by atoms with Gasteiger partial charge in [-0.25, -0.2) is 0 Å². The van der Waals surface area contributed by atoms with Crippen LogP contribution in [-0.4, -0.2) is 22.7 Å².